The lowest BCUT2D eigenvalue weighted by molar-refractivity contribution is 0.0262. The molecule has 2 heterocycles. The number of rotatable bonds is 3. The molecule has 3 nitrogen and oxygen atoms in total. The monoisotopic (exact) mass is 236 g/mol. The van der Waals surface area contributed by atoms with Gasteiger partial charge in [0.15, 0.2) is 0 Å². The second-order valence-corrected chi connectivity index (χ2v) is 5.53. The van der Waals surface area contributed by atoms with Gasteiger partial charge in [0.25, 0.3) is 0 Å². The minimum Gasteiger partial charge on any atom is -0.381 e. The smallest absolute Gasteiger partial charge is 0.0638 e. The van der Waals surface area contributed by atoms with Gasteiger partial charge in [-0.2, -0.15) is 5.26 Å². The Morgan fingerprint density at radius 2 is 1.76 bits per heavy atom. The topological polar surface area (TPSA) is 36.3 Å². The van der Waals surface area contributed by atoms with Crippen molar-refractivity contribution in [2.75, 3.05) is 26.3 Å². The molecule has 0 unspecified atom stereocenters. The van der Waals surface area contributed by atoms with E-state index in [1.165, 1.54) is 38.8 Å². The molecule has 0 aromatic heterocycles. The fraction of sp³-hybridized carbons (Fsp3) is 0.929. The fourth-order valence-electron chi connectivity index (χ4n) is 3.28. The molecule has 3 heteroatoms. The minimum atomic E-state index is 0.440. The van der Waals surface area contributed by atoms with E-state index in [-0.39, 0.29) is 0 Å². The molecule has 0 amide bonds. The van der Waals surface area contributed by atoms with Gasteiger partial charge in [0.2, 0.25) is 0 Å². The summed E-state index contributed by atoms with van der Waals surface area (Å²) in [6.07, 6.45) is 5.83. The van der Waals surface area contributed by atoms with Crippen LogP contribution in [0.15, 0.2) is 0 Å². The average Bonchev–Trinajstić information content (AvgIpc) is 2.40. The summed E-state index contributed by atoms with van der Waals surface area (Å²) in [5.74, 6) is 1.81. The molecule has 0 bridgehead atoms. The maximum Gasteiger partial charge on any atom is 0.0638 e. The Hall–Kier alpha value is -0.590. The van der Waals surface area contributed by atoms with E-state index in [1.807, 2.05) is 0 Å². The van der Waals surface area contributed by atoms with Crippen molar-refractivity contribution in [2.45, 2.75) is 45.1 Å². The molecular weight excluding hydrogens is 212 g/mol. The number of likely N-dealkylation sites (tertiary alicyclic amines) is 1. The van der Waals surface area contributed by atoms with E-state index in [4.69, 9.17) is 10.00 Å². The highest BCUT2D eigenvalue weighted by molar-refractivity contribution is 4.85. The van der Waals surface area contributed by atoms with Gasteiger partial charge in [-0.05, 0) is 57.5 Å². The van der Waals surface area contributed by atoms with Crippen LogP contribution in [0.25, 0.3) is 0 Å². The maximum atomic E-state index is 8.73. The molecular formula is C14H24N2O. The zero-order chi connectivity index (χ0) is 12.1. The Bertz CT molecular complexity index is 260. The van der Waals surface area contributed by atoms with Gasteiger partial charge in [-0.1, -0.05) is 0 Å². The summed E-state index contributed by atoms with van der Waals surface area (Å²) in [6.45, 7) is 6.49. The van der Waals surface area contributed by atoms with Gasteiger partial charge >= 0.3 is 0 Å². The zero-order valence-electron chi connectivity index (χ0n) is 10.9. The second kappa shape index (κ2) is 6.37. The van der Waals surface area contributed by atoms with Crippen molar-refractivity contribution in [2.24, 2.45) is 11.8 Å². The van der Waals surface area contributed by atoms with E-state index < -0.39 is 0 Å². The lowest BCUT2D eigenvalue weighted by Gasteiger charge is -2.39. The Balaban J connectivity index is 1.75. The molecule has 0 aliphatic carbocycles. The Kier molecular flexibility index (Phi) is 4.82. The summed E-state index contributed by atoms with van der Waals surface area (Å²) < 4.78 is 5.44. The summed E-state index contributed by atoms with van der Waals surface area (Å²) in [5.41, 5.74) is 0. The van der Waals surface area contributed by atoms with Crippen LogP contribution < -0.4 is 0 Å². The molecule has 0 saturated carbocycles. The van der Waals surface area contributed by atoms with Crippen molar-refractivity contribution in [3.05, 3.63) is 0 Å². The summed E-state index contributed by atoms with van der Waals surface area (Å²) in [4.78, 5) is 2.49. The van der Waals surface area contributed by atoms with E-state index in [0.29, 0.717) is 12.5 Å². The van der Waals surface area contributed by atoms with Crippen LogP contribution in [-0.4, -0.2) is 37.2 Å². The van der Waals surface area contributed by atoms with Crippen LogP contribution in [0.4, 0.5) is 0 Å². The van der Waals surface area contributed by atoms with Crippen molar-refractivity contribution < 1.29 is 4.74 Å². The second-order valence-electron chi connectivity index (χ2n) is 5.53. The van der Waals surface area contributed by atoms with Crippen molar-refractivity contribution in [1.82, 2.24) is 4.90 Å². The molecule has 0 radical (unpaired) electrons. The lowest BCUT2D eigenvalue weighted by atomic mass is 9.80. The van der Waals surface area contributed by atoms with Crippen LogP contribution in [-0.2, 0) is 4.74 Å². The third-order valence-electron chi connectivity index (χ3n) is 4.52. The SMILES string of the molecule is C[C@@H](CC#N)N1CCC(C2CCOCC2)CC1. The van der Waals surface area contributed by atoms with Gasteiger partial charge < -0.3 is 4.74 Å². The first-order chi connectivity index (χ1) is 8.31. The summed E-state index contributed by atoms with van der Waals surface area (Å²) in [5, 5.41) is 8.73. The van der Waals surface area contributed by atoms with Gasteiger partial charge in [0, 0.05) is 19.3 Å². The molecule has 0 N–H and O–H groups in total. The standard InChI is InChI=1S/C14H24N2O/c1-12(2-7-15)16-8-3-13(4-9-16)14-5-10-17-11-6-14/h12-14H,2-6,8-11H2,1H3/t12-/m0/s1. The summed E-state index contributed by atoms with van der Waals surface area (Å²) in [6, 6.07) is 2.72. The van der Waals surface area contributed by atoms with Crippen molar-refractivity contribution in [3.63, 3.8) is 0 Å². The molecule has 2 rings (SSSR count). The molecule has 2 fully saturated rings. The highest BCUT2D eigenvalue weighted by Crippen LogP contribution is 2.32. The third kappa shape index (κ3) is 3.43. The average molecular weight is 236 g/mol. The molecule has 2 aliphatic rings. The molecule has 17 heavy (non-hydrogen) atoms. The predicted octanol–water partition coefficient (Wildman–Crippen LogP) is 2.43. The fourth-order valence-corrected chi connectivity index (χ4v) is 3.28. The van der Waals surface area contributed by atoms with Crippen LogP contribution in [0, 0.1) is 23.2 Å². The Labute approximate surface area is 105 Å². The van der Waals surface area contributed by atoms with Crippen molar-refractivity contribution in [3.8, 4) is 6.07 Å². The minimum absolute atomic E-state index is 0.440. The highest BCUT2D eigenvalue weighted by atomic mass is 16.5. The van der Waals surface area contributed by atoms with Crippen LogP contribution in [0.5, 0.6) is 0 Å². The molecule has 96 valence electrons. The predicted molar refractivity (Wildman–Crippen MR) is 67.5 cm³/mol. The van der Waals surface area contributed by atoms with Crippen LogP contribution >= 0.6 is 0 Å². The first kappa shape index (κ1) is 12.9. The number of ether oxygens (including phenoxy) is 1. The maximum absolute atomic E-state index is 8.73. The van der Waals surface area contributed by atoms with Crippen LogP contribution in [0.3, 0.4) is 0 Å². The molecule has 2 aliphatic heterocycles. The molecule has 0 aromatic carbocycles. The molecule has 1 atom stereocenters. The first-order valence-corrected chi connectivity index (χ1v) is 7.00. The number of hydrogen-bond donors (Lipinski definition) is 0. The number of piperidine rings is 1. The summed E-state index contributed by atoms with van der Waals surface area (Å²) >= 11 is 0. The van der Waals surface area contributed by atoms with E-state index >= 15 is 0 Å². The van der Waals surface area contributed by atoms with E-state index in [1.54, 1.807) is 0 Å². The normalized spacial score (nSPS) is 26.6. The van der Waals surface area contributed by atoms with Crippen molar-refractivity contribution in [1.29, 1.82) is 5.26 Å². The van der Waals surface area contributed by atoms with Crippen LogP contribution in [0.2, 0.25) is 0 Å². The number of nitrogens with zero attached hydrogens (tertiary/aromatic N) is 2. The van der Waals surface area contributed by atoms with Gasteiger partial charge in [0.1, 0.15) is 0 Å². The highest BCUT2D eigenvalue weighted by Gasteiger charge is 2.29. The Morgan fingerprint density at radius 3 is 2.35 bits per heavy atom. The summed E-state index contributed by atoms with van der Waals surface area (Å²) in [7, 11) is 0. The van der Waals surface area contributed by atoms with E-state index in [2.05, 4.69) is 17.9 Å². The molecule has 0 spiro atoms. The molecule has 2 saturated heterocycles. The van der Waals surface area contributed by atoms with Gasteiger partial charge in [-0.15, -0.1) is 0 Å². The quantitative estimate of drug-likeness (QED) is 0.755. The van der Waals surface area contributed by atoms with Gasteiger partial charge in [0.05, 0.1) is 12.5 Å². The first-order valence-electron chi connectivity index (χ1n) is 7.00. The zero-order valence-corrected chi connectivity index (χ0v) is 10.9. The largest absolute Gasteiger partial charge is 0.381 e. The lowest BCUT2D eigenvalue weighted by Crippen LogP contribution is -2.41. The van der Waals surface area contributed by atoms with Gasteiger partial charge in [-0.3, -0.25) is 4.90 Å². The van der Waals surface area contributed by atoms with Crippen LogP contribution in [0.1, 0.15) is 39.0 Å². The Morgan fingerprint density at radius 1 is 1.18 bits per heavy atom. The number of nitriles is 1. The van der Waals surface area contributed by atoms with Gasteiger partial charge in [-0.25, -0.2) is 0 Å². The molecule has 0 aromatic rings. The number of hydrogen-bond acceptors (Lipinski definition) is 3. The van der Waals surface area contributed by atoms with Crippen molar-refractivity contribution >= 4 is 0 Å². The van der Waals surface area contributed by atoms with E-state index in [0.717, 1.165) is 25.0 Å². The third-order valence-corrected chi connectivity index (χ3v) is 4.52. The van der Waals surface area contributed by atoms with E-state index in [9.17, 15) is 0 Å².